The van der Waals surface area contributed by atoms with Crippen molar-refractivity contribution in [3.63, 3.8) is 0 Å². The molecule has 0 aromatic rings. The maximum Gasteiger partial charge on any atom is 0.226 e. The van der Waals surface area contributed by atoms with Gasteiger partial charge >= 0.3 is 0 Å². The van der Waals surface area contributed by atoms with Gasteiger partial charge in [-0.05, 0) is 24.7 Å². The summed E-state index contributed by atoms with van der Waals surface area (Å²) in [6, 6.07) is 0. The minimum Gasteiger partial charge on any atom is -0.334 e. The summed E-state index contributed by atoms with van der Waals surface area (Å²) in [6.45, 7) is 7.37. The third-order valence-corrected chi connectivity index (χ3v) is 5.40. The summed E-state index contributed by atoms with van der Waals surface area (Å²) in [5.41, 5.74) is 0.421. The summed E-state index contributed by atoms with van der Waals surface area (Å²) in [4.78, 5) is 15.0. The Bertz CT molecular complexity index is 336. The number of hydrogen-bond acceptors (Lipinski definition) is 2. The van der Waals surface area contributed by atoms with Crippen molar-refractivity contribution in [2.75, 3.05) is 19.6 Å². The Morgan fingerprint density at radius 3 is 2.50 bits per heavy atom. The number of nitrogens with one attached hydrogen (secondary N) is 1. The van der Waals surface area contributed by atoms with Gasteiger partial charge in [0.15, 0.2) is 0 Å². The predicted octanol–water partition coefficient (Wildman–Crippen LogP) is 2.17. The molecule has 1 saturated heterocycles. The van der Waals surface area contributed by atoms with Crippen LogP contribution in [0.4, 0.5) is 0 Å². The topological polar surface area (TPSA) is 32.3 Å². The zero-order valence-corrected chi connectivity index (χ0v) is 11.8. The van der Waals surface area contributed by atoms with Crippen molar-refractivity contribution in [3.05, 3.63) is 0 Å². The number of carbonyl (C=O) groups is 1. The zero-order valence-electron chi connectivity index (χ0n) is 11.8. The summed E-state index contributed by atoms with van der Waals surface area (Å²) in [5.74, 6) is 0.748. The second-order valence-corrected chi connectivity index (χ2v) is 7.20. The minimum absolute atomic E-state index is 0.159. The summed E-state index contributed by atoms with van der Waals surface area (Å²) < 4.78 is 0. The molecule has 2 aliphatic carbocycles. The molecule has 1 spiro atoms. The molecule has 102 valence electrons. The van der Waals surface area contributed by atoms with E-state index in [1.807, 2.05) is 0 Å². The molecule has 0 bridgehead atoms. The maximum atomic E-state index is 12.7. The van der Waals surface area contributed by atoms with Crippen LogP contribution in [-0.2, 0) is 4.79 Å². The zero-order chi connectivity index (χ0) is 12.8. The van der Waals surface area contributed by atoms with Crippen LogP contribution in [0.3, 0.4) is 0 Å². The number of piperazine rings is 1. The molecule has 3 nitrogen and oxygen atoms in total. The lowest BCUT2D eigenvalue weighted by molar-refractivity contribution is -0.143. The first-order valence-corrected chi connectivity index (χ1v) is 7.57. The van der Waals surface area contributed by atoms with Crippen molar-refractivity contribution in [2.24, 2.45) is 11.3 Å². The van der Waals surface area contributed by atoms with Crippen LogP contribution >= 0.6 is 0 Å². The molecule has 0 aromatic heterocycles. The highest BCUT2D eigenvalue weighted by Gasteiger charge is 2.55. The average Bonchev–Trinajstić information content (AvgIpc) is 2.99. The number of amides is 1. The molecule has 0 aromatic carbocycles. The van der Waals surface area contributed by atoms with Crippen LogP contribution in [0.5, 0.6) is 0 Å². The van der Waals surface area contributed by atoms with E-state index in [2.05, 4.69) is 24.1 Å². The molecule has 1 heterocycles. The lowest BCUT2D eigenvalue weighted by Gasteiger charge is -2.50. The van der Waals surface area contributed by atoms with Gasteiger partial charge in [-0.15, -0.1) is 0 Å². The fourth-order valence-electron chi connectivity index (χ4n) is 3.92. The van der Waals surface area contributed by atoms with Gasteiger partial charge in [-0.3, -0.25) is 4.79 Å². The smallest absolute Gasteiger partial charge is 0.226 e. The molecule has 0 radical (unpaired) electrons. The van der Waals surface area contributed by atoms with Crippen molar-refractivity contribution < 1.29 is 4.79 Å². The Kier molecular flexibility index (Phi) is 2.92. The monoisotopic (exact) mass is 250 g/mol. The van der Waals surface area contributed by atoms with Crippen LogP contribution in [0.1, 0.15) is 52.4 Å². The van der Waals surface area contributed by atoms with Crippen LogP contribution < -0.4 is 5.32 Å². The van der Waals surface area contributed by atoms with E-state index in [-0.39, 0.29) is 11.0 Å². The van der Waals surface area contributed by atoms with Crippen molar-refractivity contribution in [2.45, 2.75) is 57.9 Å². The molecular formula is C15H26N2O. The molecule has 1 amide bonds. The Labute approximate surface area is 110 Å². The quantitative estimate of drug-likeness (QED) is 0.773. The highest BCUT2D eigenvalue weighted by Crippen LogP contribution is 2.53. The fourth-order valence-corrected chi connectivity index (χ4v) is 3.92. The van der Waals surface area contributed by atoms with Crippen molar-refractivity contribution in [1.82, 2.24) is 10.2 Å². The van der Waals surface area contributed by atoms with Gasteiger partial charge in [-0.1, -0.05) is 33.1 Å². The molecule has 3 aliphatic rings. The van der Waals surface area contributed by atoms with Crippen molar-refractivity contribution >= 4 is 5.91 Å². The third kappa shape index (κ3) is 1.97. The molecule has 1 unspecified atom stereocenters. The van der Waals surface area contributed by atoms with E-state index in [4.69, 9.17) is 0 Å². The average molecular weight is 250 g/mol. The van der Waals surface area contributed by atoms with E-state index in [1.54, 1.807) is 0 Å². The highest BCUT2D eigenvalue weighted by molar-refractivity contribution is 5.83. The van der Waals surface area contributed by atoms with Gasteiger partial charge in [-0.2, -0.15) is 0 Å². The van der Waals surface area contributed by atoms with Gasteiger partial charge in [0.25, 0.3) is 0 Å². The SMILES string of the molecule is CC1(C)CC1C(=O)N1CCNCC12CCCCC2. The van der Waals surface area contributed by atoms with Gasteiger partial charge in [-0.25, -0.2) is 0 Å². The van der Waals surface area contributed by atoms with E-state index in [9.17, 15) is 4.79 Å². The third-order valence-electron chi connectivity index (χ3n) is 5.40. The van der Waals surface area contributed by atoms with E-state index < -0.39 is 0 Å². The van der Waals surface area contributed by atoms with Crippen LogP contribution in [0.25, 0.3) is 0 Å². The molecule has 1 atom stereocenters. The Balaban J connectivity index is 1.77. The van der Waals surface area contributed by atoms with Gasteiger partial charge < -0.3 is 10.2 Å². The van der Waals surface area contributed by atoms with E-state index in [0.29, 0.717) is 11.8 Å². The molecule has 18 heavy (non-hydrogen) atoms. The Morgan fingerprint density at radius 2 is 1.89 bits per heavy atom. The summed E-state index contributed by atoms with van der Waals surface area (Å²) in [5, 5.41) is 3.52. The fraction of sp³-hybridized carbons (Fsp3) is 0.933. The highest BCUT2D eigenvalue weighted by atomic mass is 16.2. The molecule has 3 rings (SSSR count). The van der Waals surface area contributed by atoms with Crippen LogP contribution in [0.15, 0.2) is 0 Å². The number of nitrogens with zero attached hydrogens (tertiary/aromatic N) is 1. The standard InChI is InChI=1S/C15H26N2O/c1-14(2)10-12(14)13(18)17-9-8-16-11-15(17)6-4-3-5-7-15/h12,16H,3-11H2,1-2H3. The van der Waals surface area contributed by atoms with Gasteiger partial charge in [0, 0.05) is 25.6 Å². The van der Waals surface area contributed by atoms with Crippen molar-refractivity contribution in [3.8, 4) is 0 Å². The second kappa shape index (κ2) is 4.22. The van der Waals surface area contributed by atoms with Crippen LogP contribution in [-0.4, -0.2) is 36.0 Å². The van der Waals surface area contributed by atoms with Crippen LogP contribution in [0, 0.1) is 11.3 Å². The first-order valence-electron chi connectivity index (χ1n) is 7.57. The van der Waals surface area contributed by atoms with E-state index in [1.165, 1.54) is 32.1 Å². The summed E-state index contributed by atoms with van der Waals surface area (Å²) in [6.07, 6.45) is 7.43. The molecule has 1 aliphatic heterocycles. The molecule has 2 saturated carbocycles. The van der Waals surface area contributed by atoms with Gasteiger partial charge in [0.1, 0.15) is 0 Å². The number of rotatable bonds is 1. The number of hydrogen-bond donors (Lipinski definition) is 1. The summed E-state index contributed by atoms with van der Waals surface area (Å²) in [7, 11) is 0. The van der Waals surface area contributed by atoms with E-state index in [0.717, 1.165) is 26.1 Å². The maximum absolute atomic E-state index is 12.7. The van der Waals surface area contributed by atoms with Gasteiger partial charge in [0.05, 0.1) is 5.54 Å². The molecular weight excluding hydrogens is 224 g/mol. The molecule has 3 fully saturated rings. The lowest BCUT2D eigenvalue weighted by atomic mass is 9.78. The largest absolute Gasteiger partial charge is 0.334 e. The Hall–Kier alpha value is -0.570. The number of carbonyl (C=O) groups excluding carboxylic acids is 1. The predicted molar refractivity (Wildman–Crippen MR) is 72.3 cm³/mol. The first kappa shape index (κ1) is 12.5. The van der Waals surface area contributed by atoms with Gasteiger partial charge in [0.2, 0.25) is 5.91 Å². The summed E-state index contributed by atoms with van der Waals surface area (Å²) >= 11 is 0. The lowest BCUT2D eigenvalue weighted by Crippen LogP contribution is -2.64. The van der Waals surface area contributed by atoms with Crippen LogP contribution in [0.2, 0.25) is 0 Å². The van der Waals surface area contributed by atoms with Crippen molar-refractivity contribution in [1.29, 1.82) is 0 Å². The molecule has 1 N–H and O–H groups in total. The first-order chi connectivity index (χ1) is 8.55. The Morgan fingerprint density at radius 1 is 1.22 bits per heavy atom. The second-order valence-electron chi connectivity index (χ2n) is 7.20. The van der Waals surface area contributed by atoms with E-state index >= 15 is 0 Å². The molecule has 3 heteroatoms. The normalized spacial score (nSPS) is 33.4. The minimum atomic E-state index is 0.159.